The summed E-state index contributed by atoms with van der Waals surface area (Å²) >= 11 is 0. The molecule has 1 rings (SSSR count). The van der Waals surface area contributed by atoms with Crippen LogP contribution < -0.4 is 5.32 Å². The Morgan fingerprint density at radius 3 is 2.64 bits per heavy atom. The third-order valence-corrected chi connectivity index (χ3v) is 1.83. The van der Waals surface area contributed by atoms with E-state index in [4.69, 9.17) is 0 Å². The Labute approximate surface area is 80.9 Å². The Bertz CT molecular complexity index is 388. The number of halogens is 1. The standard InChI is InChI=1S/C10H10FNO2/c1-6-3-4-9(12-7(2)14)10(11)8(6)5-13/h3-5H,1-2H3,(H,12,14). The van der Waals surface area contributed by atoms with E-state index in [-0.39, 0.29) is 17.2 Å². The zero-order valence-electron chi connectivity index (χ0n) is 7.93. The van der Waals surface area contributed by atoms with Crippen molar-refractivity contribution in [1.29, 1.82) is 0 Å². The molecule has 3 nitrogen and oxygen atoms in total. The van der Waals surface area contributed by atoms with Gasteiger partial charge < -0.3 is 5.32 Å². The first-order valence-electron chi connectivity index (χ1n) is 4.08. The van der Waals surface area contributed by atoms with Gasteiger partial charge in [-0.05, 0) is 18.6 Å². The highest BCUT2D eigenvalue weighted by atomic mass is 19.1. The average Bonchev–Trinajstić information content (AvgIpc) is 2.10. The summed E-state index contributed by atoms with van der Waals surface area (Å²) in [5, 5.41) is 2.30. The maximum Gasteiger partial charge on any atom is 0.221 e. The second-order valence-electron chi connectivity index (χ2n) is 2.96. The van der Waals surface area contributed by atoms with Gasteiger partial charge in [-0.3, -0.25) is 9.59 Å². The molecule has 1 amide bonds. The number of hydrogen-bond acceptors (Lipinski definition) is 2. The number of carbonyl (C=O) groups excluding carboxylic acids is 2. The first kappa shape index (κ1) is 10.4. The van der Waals surface area contributed by atoms with Gasteiger partial charge in [0.2, 0.25) is 5.91 Å². The van der Waals surface area contributed by atoms with E-state index in [1.54, 1.807) is 13.0 Å². The second-order valence-corrected chi connectivity index (χ2v) is 2.96. The molecule has 1 N–H and O–H groups in total. The van der Waals surface area contributed by atoms with Crippen LogP contribution >= 0.6 is 0 Å². The molecular formula is C10H10FNO2. The predicted octanol–water partition coefficient (Wildman–Crippen LogP) is 1.91. The number of carbonyl (C=O) groups is 2. The van der Waals surface area contributed by atoms with Crippen LogP contribution in [0.2, 0.25) is 0 Å². The number of hydrogen-bond donors (Lipinski definition) is 1. The first-order valence-corrected chi connectivity index (χ1v) is 4.08. The van der Waals surface area contributed by atoms with Crippen LogP contribution in [0.15, 0.2) is 12.1 Å². The maximum atomic E-state index is 13.4. The number of anilines is 1. The number of aldehydes is 1. The smallest absolute Gasteiger partial charge is 0.221 e. The highest BCUT2D eigenvalue weighted by Gasteiger charge is 2.10. The normalized spacial score (nSPS) is 9.64. The summed E-state index contributed by atoms with van der Waals surface area (Å²) in [5.74, 6) is -1.06. The van der Waals surface area contributed by atoms with Crippen molar-refractivity contribution in [3.63, 3.8) is 0 Å². The monoisotopic (exact) mass is 195 g/mol. The third kappa shape index (κ3) is 1.96. The summed E-state index contributed by atoms with van der Waals surface area (Å²) in [6, 6.07) is 3.01. The van der Waals surface area contributed by atoms with E-state index in [1.165, 1.54) is 13.0 Å². The molecule has 0 heterocycles. The minimum atomic E-state index is -0.685. The van der Waals surface area contributed by atoms with E-state index in [1.807, 2.05) is 0 Å². The summed E-state index contributed by atoms with van der Waals surface area (Å²) in [5.41, 5.74) is 0.563. The molecule has 0 saturated carbocycles. The summed E-state index contributed by atoms with van der Waals surface area (Å²) in [6.45, 7) is 2.91. The van der Waals surface area contributed by atoms with Gasteiger partial charge in [-0.25, -0.2) is 4.39 Å². The summed E-state index contributed by atoms with van der Waals surface area (Å²) < 4.78 is 13.4. The van der Waals surface area contributed by atoms with E-state index in [2.05, 4.69) is 5.32 Å². The zero-order valence-corrected chi connectivity index (χ0v) is 7.93. The van der Waals surface area contributed by atoms with Crippen molar-refractivity contribution in [2.75, 3.05) is 5.32 Å². The summed E-state index contributed by atoms with van der Waals surface area (Å²) in [7, 11) is 0. The Balaban J connectivity index is 3.20. The van der Waals surface area contributed by atoms with Gasteiger partial charge in [0.15, 0.2) is 12.1 Å². The summed E-state index contributed by atoms with van der Waals surface area (Å²) in [4.78, 5) is 21.2. The van der Waals surface area contributed by atoms with Gasteiger partial charge in [-0.15, -0.1) is 0 Å². The fraction of sp³-hybridized carbons (Fsp3) is 0.200. The van der Waals surface area contributed by atoms with Gasteiger partial charge in [-0.2, -0.15) is 0 Å². The van der Waals surface area contributed by atoms with Crippen LogP contribution in [0.1, 0.15) is 22.8 Å². The molecule has 4 heteroatoms. The van der Waals surface area contributed by atoms with Crippen molar-refractivity contribution in [3.8, 4) is 0 Å². The van der Waals surface area contributed by atoms with Gasteiger partial charge in [0.25, 0.3) is 0 Å². The molecule has 0 aliphatic rings. The van der Waals surface area contributed by atoms with Crippen molar-refractivity contribution in [2.45, 2.75) is 13.8 Å². The van der Waals surface area contributed by atoms with Crippen molar-refractivity contribution >= 4 is 17.9 Å². The van der Waals surface area contributed by atoms with Gasteiger partial charge in [0.1, 0.15) is 0 Å². The van der Waals surface area contributed by atoms with Gasteiger partial charge in [0, 0.05) is 6.92 Å². The van der Waals surface area contributed by atoms with Crippen LogP contribution in [0.5, 0.6) is 0 Å². The van der Waals surface area contributed by atoms with Crippen LogP contribution in [0.4, 0.5) is 10.1 Å². The van der Waals surface area contributed by atoms with E-state index in [9.17, 15) is 14.0 Å². The Morgan fingerprint density at radius 1 is 1.50 bits per heavy atom. The fourth-order valence-corrected chi connectivity index (χ4v) is 1.12. The zero-order chi connectivity index (χ0) is 10.7. The quantitative estimate of drug-likeness (QED) is 0.732. The molecule has 0 aromatic heterocycles. The molecule has 1 aromatic rings. The number of amides is 1. The van der Waals surface area contributed by atoms with Crippen molar-refractivity contribution in [3.05, 3.63) is 29.1 Å². The topological polar surface area (TPSA) is 46.2 Å². The number of nitrogens with one attached hydrogen (secondary N) is 1. The van der Waals surface area contributed by atoms with Crippen molar-refractivity contribution < 1.29 is 14.0 Å². The molecule has 0 fully saturated rings. The third-order valence-electron chi connectivity index (χ3n) is 1.83. The maximum absolute atomic E-state index is 13.4. The van der Waals surface area contributed by atoms with Crippen molar-refractivity contribution in [2.24, 2.45) is 0 Å². The lowest BCUT2D eigenvalue weighted by atomic mass is 10.1. The molecule has 0 atom stereocenters. The Kier molecular flexibility index (Phi) is 2.96. The molecule has 0 unspecified atom stereocenters. The number of rotatable bonds is 2. The van der Waals surface area contributed by atoms with E-state index in [0.29, 0.717) is 11.8 Å². The molecule has 0 bridgehead atoms. The lowest BCUT2D eigenvalue weighted by Crippen LogP contribution is -2.09. The van der Waals surface area contributed by atoms with Gasteiger partial charge >= 0.3 is 0 Å². The highest BCUT2D eigenvalue weighted by molar-refractivity contribution is 5.90. The molecule has 74 valence electrons. The van der Waals surface area contributed by atoms with Crippen molar-refractivity contribution in [1.82, 2.24) is 0 Å². The largest absolute Gasteiger partial charge is 0.324 e. The van der Waals surface area contributed by atoms with E-state index in [0.717, 1.165) is 0 Å². The number of aryl methyl sites for hydroxylation is 1. The minimum Gasteiger partial charge on any atom is -0.324 e. The first-order chi connectivity index (χ1) is 6.56. The van der Waals surface area contributed by atoms with Crippen LogP contribution in [0, 0.1) is 12.7 Å². The fourth-order valence-electron chi connectivity index (χ4n) is 1.12. The molecule has 0 aliphatic heterocycles. The van der Waals surface area contributed by atoms with Crippen LogP contribution in [-0.2, 0) is 4.79 Å². The molecule has 14 heavy (non-hydrogen) atoms. The lowest BCUT2D eigenvalue weighted by Gasteiger charge is -2.07. The minimum absolute atomic E-state index is 0.0174. The average molecular weight is 195 g/mol. The predicted molar refractivity (Wildman–Crippen MR) is 50.8 cm³/mol. The lowest BCUT2D eigenvalue weighted by molar-refractivity contribution is -0.114. The molecule has 0 aliphatic carbocycles. The SMILES string of the molecule is CC(=O)Nc1ccc(C)c(C=O)c1F. The summed E-state index contributed by atoms with van der Waals surface area (Å²) in [6.07, 6.45) is 0.440. The highest BCUT2D eigenvalue weighted by Crippen LogP contribution is 2.19. The molecule has 0 spiro atoms. The molecule has 0 radical (unpaired) electrons. The van der Waals surface area contributed by atoms with E-state index >= 15 is 0 Å². The van der Waals surface area contributed by atoms with Crippen LogP contribution in [-0.4, -0.2) is 12.2 Å². The molecule has 1 aromatic carbocycles. The Hall–Kier alpha value is -1.71. The molecule has 0 saturated heterocycles. The molecular weight excluding hydrogens is 185 g/mol. The van der Waals surface area contributed by atoms with E-state index < -0.39 is 5.82 Å². The van der Waals surface area contributed by atoms with Crippen LogP contribution in [0.3, 0.4) is 0 Å². The van der Waals surface area contributed by atoms with Gasteiger partial charge in [0.05, 0.1) is 11.3 Å². The second kappa shape index (κ2) is 4.00. The number of benzene rings is 1. The van der Waals surface area contributed by atoms with Crippen LogP contribution in [0.25, 0.3) is 0 Å². The van der Waals surface area contributed by atoms with Gasteiger partial charge in [-0.1, -0.05) is 6.07 Å². The Morgan fingerprint density at radius 2 is 2.14 bits per heavy atom.